The molecule has 0 bridgehead atoms. The van der Waals surface area contributed by atoms with Crippen molar-refractivity contribution in [3.05, 3.63) is 24.3 Å². The summed E-state index contributed by atoms with van der Waals surface area (Å²) in [6.07, 6.45) is 3.24. The van der Waals surface area contributed by atoms with Gasteiger partial charge >= 0.3 is 0 Å². The van der Waals surface area contributed by atoms with Gasteiger partial charge in [0.15, 0.2) is 6.10 Å². The smallest absolute Gasteiger partial charge is 0.267 e. The molecule has 2 aliphatic rings. The Kier molecular flexibility index (Phi) is 4.32. The van der Waals surface area contributed by atoms with Crippen LogP contribution < -0.4 is 9.64 Å². The molecule has 22 heavy (non-hydrogen) atoms. The van der Waals surface area contributed by atoms with Crippen LogP contribution in [0.25, 0.3) is 0 Å². The molecule has 3 rings (SSSR count). The molecule has 1 fully saturated rings. The van der Waals surface area contributed by atoms with E-state index in [1.54, 1.807) is 11.8 Å². The van der Waals surface area contributed by atoms with Crippen molar-refractivity contribution in [2.75, 3.05) is 24.5 Å². The van der Waals surface area contributed by atoms with E-state index in [0.29, 0.717) is 18.7 Å². The lowest BCUT2D eigenvalue weighted by molar-refractivity contribution is -0.132. The topological polar surface area (TPSA) is 49.9 Å². The normalized spacial score (nSPS) is 21.3. The van der Waals surface area contributed by atoms with Gasteiger partial charge in [0.1, 0.15) is 5.75 Å². The Hall–Kier alpha value is -2.04. The minimum atomic E-state index is -0.500. The molecular weight excluding hydrogens is 280 g/mol. The maximum Gasteiger partial charge on any atom is 0.267 e. The zero-order chi connectivity index (χ0) is 15.5. The second-order valence-electron chi connectivity index (χ2n) is 5.91. The number of fused-ring (bicyclic) bond motifs is 1. The number of anilines is 1. The number of para-hydroxylation sites is 2. The molecule has 0 spiro atoms. The van der Waals surface area contributed by atoms with Crippen molar-refractivity contribution in [2.45, 2.75) is 38.7 Å². The number of carbonyl (C=O) groups is 2. The number of amides is 2. The van der Waals surface area contributed by atoms with Gasteiger partial charge in [0.05, 0.1) is 5.69 Å². The summed E-state index contributed by atoms with van der Waals surface area (Å²) in [6, 6.07) is 7.49. The fourth-order valence-corrected chi connectivity index (χ4v) is 3.10. The summed E-state index contributed by atoms with van der Waals surface area (Å²) in [5.74, 6) is 0.772. The molecule has 1 aromatic carbocycles. The number of ether oxygens (including phenoxy) is 1. The van der Waals surface area contributed by atoms with E-state index in [-0.39, 0.29) is 11.8 Å². The van der Waals surface area contributed by atoms with E-state index >= 15 is 0 Å². The summed E-state index contributed by atoms with van der Waals surface area (Å²) >= 11 is 0. The first-order chi connectivity index (χ1) is 10.7. The van der Waals surface area contributed by atoms with E-state index < -0.39 is 6.10 Å². The average molecular weight is 302 g/mol. The van der Waals surface area contributed by atoms with E-state index in [9.17, 15) is 9.59 Å². The zero-order valence-electron chi connectivity index (χ0n) is 13.0. The minimum Gasteiger partial charge on any atom is -0.479 e. The number of nitrogens with zero attached hydrogens (tertiary/aromatic N) is 2. The third kappa shape index (κ3) is 2.93. The van der Waals surface area contributed by atoms with Crippen molar-refractivity contribution in [1.82, 2.24) is 4.90 Å². The third-order valence-electron chi connectivity index (χ3n) is 4.33. The molecular formula is C17H22N2O3. The molecule has 0 saturated carbocycles. The van der Waals surface area contributed by atoms with Gasteiger partial charge in [-0.2, -0.15) is 0 Å². The molecule has 0 aromatic heterocycles. The Bertz CT molecular complexity index is 567. The molecule has 0 aliphatic carbocycles. The van der Waals surface area contributed by atoms with Crippen LogP contribution >= 0.6 is 0 Å². The van der Waals surface area contributed by atoms with Crippen LogP contribution in [0.1, 0.15) is 32.6 Å². The quantitative estimate of drug-likeness (QED) is 0.860. The molecule has 5 heteroatoms. The first-order valence-electron chi connectivity index (χ1n) is 8.01. The Balaban J connectivity index is 1.68. The zero-order valence-corrected chi connectivity index (χ0v) is 13.0. The molecule has 1 aromatic rings. The van der Waals surface area contributed by atoms with Crippen LogP contribution in [0.15, 0.2) is 24.3 Å². The van der Waals surface area contributed by atoms with Gasteiger partial charge in [-0.1, -0.05) is 12.1 Å². The summed E-state index contributed by atoms with van der Waals surface area (Å²) in [6.45, 7) is 3.86. The number of likely N-dealkylation sites (tertiary alicyclic amines) is 1. The number of carbonyl (C=O) groups excluding carboxylic acids is 2. The molecule has 2 amide bonds. The highest BCUT2D eigenvalue weighted by Gasteiger charge is 2.31. The number of rotatable bonds is 3. The van der Waals surface area contributed by atoms with Crippen LogP contribution in [-0.2, 0) is 9.59 Å². The van der Waals surface area contributed by atoms with Gasteiger partial charge in [-0.15, -0.1) is 0 Å². The third-order valence-corrected chi connectivity index (χ3v) is 4.33. The molecule has 2 heterocycles. The van der Waals surface area contributed by atoms with Crippen LogP contribution in [0.5, 0.6) is 5.75 Å². The Morgan fingerprint density at radius 2 is 1.95 bits per heavy atom. The lowest BCUT2D eigenvalue weighted by Crippen LogP contribution is -2.46. The van der Waals surface area contributed by atoms with E-state index in [1.165, 1.54) is 6.42 Å². The highest BCUT2D eigenvalue weighted by molar-refractivity contribution is 6.00. The molecule has 1 atom stereocenters. The second kappa shape index (κ2) is 6.38. The van der Waals surface area contributed by atoms with E-state index in [4.69, 9.17) is 4.74 Å². The molecule has 0 radical (unpaired) electrons. The second-order valence-corrected chi connectivity index (χ2v) is 5.91. The largest absolute Gasteiger partial charge is 0.479 e. The van der Waals surface area contributed by atoms with E-state index in [0.717, 1.165) is 31.6 Å². The molecule has 1 saturated heterocycles. The SMILES string of the molecule is CC1Oc2ccccc2N(CCC(=O)N2CCCCC2)C1=O. The lowest BCUT2D eigenvalue weighted by atomic mass is 10.1. The van der Waals surface area contributed by atoms with Crippen LogP contribution in [0, 0.1) is 0 Å². The standard InChI is InChI=1S/C17H22N2O3/c1-13-17(21)19(14-7-3-4-8-15(14)22-13)12-9-16(20)18-10-5-2-6-11-18/h3-4,7-8,13H,2,5-6,9-12H2,1H3. The number of hydrogen-bond acceptors (Lipinski definition) is 3. The van der Waals surface area contributed by atoms with Crippen LogP contribution in [0.4, 0.5) is 5.69 Å². The molecule has 118 valence electrons. The minimum absolute atomic E-state index is 0.0786. The van der Waals surface area contributed by atoms with Crippen LogP contribution in [0.3, 0.4) is 0 Å². The van der Waals surface area contributed by atoms with Gasteiger partial charge in [-0.25, -0.2) is 0 Å². The predicted molar refractivity (Wildman–Crippen MR) is 83.9 cm³/mol. The highest BCUT2D eigenvalue weighted by atomic mass is 16.5. The number of benzene rings is 1. The fraction of sp³-hybridized carbons (Fsp3) is 0.529. The van der Waals surface area contributed by atoms with Gasteiger partial charge in [-0.3, -0.25) is 9.59 Å². The first kappa shape index (κ1) is 14.9. The molecule has 5 nitrogen and oxygen atoms in total. The van der Waals surface area contributed by atoms with Crippen molar-refractivity contribution in [2.24, 2.45) is 0 Å². The fourth-order valence-electron chi connectivity index (χ4n) is 3.10. The summed E-state index contributed by atoms with van der Waals surface area (Å²) in [7, 11) is 0. The lowest BCUT2D eigenvalue weighted by Gasteiger charge is -2.33. The van der Waals surface area contributed by atoms with E-state index in [2.05, 4.69) is 0 Å². The van der Waals surface area contributed by atoms with Gasteiger partial charge in [0, 0.05) is 26.1 Å². The maximum atomic E-state index is 12.4. The van der Waals surface area contributed by atoms with Gasteiger partial charge in [-0.05, 0) is 38.3 Å². The molecule has 1 unspecified atom stereocenters. The Morgan fingerprint density at radius 1 is 1.23 bits per heavy atom. The summed E-state index contributed by atoms with van der Waals surface area (Å²) < 4.78 is 5.61. The van der Waals surface area contributed by atoms with Crippen LogP contribution in [-0.4, -0.2) is 42.5 Å². The highest BCUT2D eigenvalue weighted by Crippen LogP contribution is 2.33. The van der Waals surface area contributed by atoms with Crippen molar-refractivity contribution < 1.29 is 14.3 Å². The van der Waals surface area contributed by atoms with Crippen molar-refractivity contribution >= 4 is 17.5 Å². The average Bonchev–Trinajstić information content (AvgIpc) is 2.56. The van der Waals surface area contributed by atoms with Crippen molar-refractivity contribution in [3.8, 4) is 5.75 Å². The Morgan fingerprint density at radius 3 is 2.73 bits per heavy atom. The molecule has 0 N–H and O–H groups in total. The monoisotopic (exact) mass is 302 g/mol. The Labute approximate surface area is 130 Å². The number of piperidine rings is 1. The number of hydrogen-bond donors (Lipinski definition) is 0. The van der Waals surface area contributed by atoms with E-state index in [1.807, 2.05) is 29.2 Å². The van der Waals surface area contributed by atoms with Crippen molar-refractivity contribution in [1.29, 1.82) is 0 Å². The van der Waals surface area contributed by atoms with Gasteiger partial charge in [0.2, 0.25) is 5.91 Å². The molecule has 2 aliphatic heterocycles. The summed E-state index contributed by atoms with van der Waals surface area (Å²) in [5.41, 5.74) is 0.761. The van der Waals surface area contributed by atoms with Gasteiger partial charge < -0.3 is 14.5 Å². The maximum absolute atomic E-state index is 12.4. The van der Waals surface area contributed by atoms with Gasteiger partial charge in [0.25, 0.3) is 5.91 Å². The predicted octanol–water partition coefficient (Wildman–Crippen LogP) is 2.20. The summed E-state index contributed by atoms with van der Waals surface area (Å²) in [5, 5.41) is 0. The van der Waals surface area contributed by atoms with Crippen molar-refractivity contribution in [3.63, 3.8) is 0 Å². The first-order valence-corrected chi connectivity index (χ1v) is 8.01. The summed E-state index contributed by atoms with van der Waals surface area (Å²) in [4.78, 5) is 28.3. The van der Waals surface area contributed by atoms with Crippen LogP contribution in [0.2, 0.25) is 0 Å².